The molecule has 1 fully saturated rings. The van der Waals surface area contributed by atoms with Gasteiger partial charge in [0.25, 0.3) is 5.91 Å². The SMILES string of the molecule is O=C(CSc1nnc(-c2ccccc2)n1Cc1ccc2c(c1)OCO2)N1CCN(C(=O)c2ccco2)CC1. The number of benzene rings is 2. The van der Waals surface area contributed by atoms with Crippen LogP contribution in [-0.2, 0) is 11.3 Å². The number of amides is 2. The van der Waals surface area contributed by atoms with Gasteiger partial charge in [-0.05, 0) is 29.8 Å². The fourth-order valence-corrected chi connectivity index (χ4v) is 5.33. The van der Waals surface area contributed by atoms with Crippen LogP contribution in [-0.4, -0.2) is 75.1 Å². The number of fused-ring (bicyclic) bond motifs is 1. The van der Waals surface area contributed by atoms with Crippen molar-refractivity contribution in [2.75, 3.05) is 38.7 Å². The van der Waals surface area contributed by atoms with E-state index >= 15 is 0 Å². The summed E-state index contributed by atoms with van der Waals surface area (Å²) in [6.45, 7) is 2.62. The topological polar surface area (TPSA) is 103 Å². The Morgan fingerprint density at radius 3 is 2.45 bits per heavy atom. The minimum atomic E-state index is -0.151. The predicted octanol–water partition coefficient (Wildman–Crippen LogP) is 3.39. The Bertz CT molecular complexity index is 1430. The Kier molecular flexibility index (Phi) is 6.74. The number of carbonyl (C=O) groups is 2. The molecular formula is C27H25N5O5S. The van der Waals surface area contributed by atoms with Crippen LogP contribution < -0.4 is 9.47 Å². The van der Waals surface area contributed by atoms with E-state index in [9.17, 15) is 9.59 Å². The van der Waals surface area contributed by atoms with Crippen LogP contribution in [0.3, 0.4) is 0 Å². The van der Waals surface area contributed by atoms with Crippen LogP contribution in [0, 0.1) is 0 Å². The number of furan rings is 1. The Morgan fingerprint density at radius 1 is 0.868 bits per heavy atom. The fraction of sp³-hybridized carbons (Fsp3) is 0.259. The maximum absolute atomic E-state index is 13.0. The van der Waals surface area contributed by atoms with E-state index in [1.54, 1.807) is 21.9 Å². The number of rotatable bonds is 7. The second kappa shape index (κ2) is 10.6. The molecular weight excluding hydrogens is 506 g/mol. The van der Waals surface area contributed by atoms with Crippen molar-refractivity contribution in [1.82, 2.24) is 24.6 Å². The lowest BCUT2D eigenvalue weighted by Crippen LogP contribution is -2.51. The zero-order valence-corrected chi connectivity index (χ0v) is 21.3. The van der Waals surface area contributed by atoms with Crippen LogP contribution in [0.4, 0.5) is 0 Å². The maximum Gasteiger partial charge on any atom is 0.289 e. The number of ether oxygens (including phenoxy) is 2. The minimum Gasteiger partial charge on any atom is -0.459 e. The summed E-state index contributed by atoms with van der Waals surface area (Å²) in [4.78, 5) is 29.1. The highest BCUT2D eigenvalue weighted by atomic mass is 32.2. The highest BCUT2D eigenvalue weighted by Crippen LogP contribution is 2.34. The number of piperazine rings is 1. The van der Waals surface area contributed by atoms with E-state index in [0.717, 1.165) is 22.7 Å². The highest BCUT2D eigenvalue weighted by Gasteiger charge is 2.27. The van der Waals surface area contributed by atoms with E-state index in [-0.39, 0.29) is 24.4 Å². The highest BCUT2D eigenvalue weighted by molar-refractivity contribution is 7.99. The molecule has 0 bridgehead atoms. The minimum absolute atomic E-state index is 0.000937. The zero-order valence-electron chi connectivity index (χ0n) is 20.5. The first-order valence-electron chi connectivity index (χ1n) is 12.3. The fourth-order valence-electron chi connectivity index (χ4n) is 4.49. The molecule has 38 heavy (non-hydrogen) atoms. The zero-order chi connectivity index (χ0) is 25.9. The monoisotopic (exact) mass is 531 g/mol. The Hall–Kier alpha value is -4.25. The lowest BCUT2D eigenvalue weighted by Gasteiger charge is -2.34. The van der Waals surface area contributed by atoms with Gasteiger partial charge in [-0.3, -0.25) is 14.2 Å². The Balaban J connectivity index is 1.14. The average Bonchev–Trinajstić information content (AvgIpc) is 3.73. The molecule has 4 aromatic rings. The second-order valence-corrected chi connectivity index (χ2v) is 9.83. The Labute approximate surface area is 223 Å². The van der Waals surface area contributed by atoms with Crippen LogP contribution in [0.15, 0.2) is 76.5 Å². The van der Waals surface area contributed by atoms with Gasteiger partial charge in [0.2, 0.25) is 12.7 Å². The summed E-state index contributed by atoms with van der Waals surface area (Å²) in [7, 11) is 0. The standard InChI is InChI=1S/C27H25N5O5S/c33-24(30-10-12-31(13-11-30)26(34)22-7-4-14-35-22)17-38-27-29-28-25(20-5-2-1-3-6-20)32(27)16-19-8-9-21-23(15-19)37-18-36-21/h1-9,14-15H,10-13,16-18H2. The lowest BCUT2D eigenvalue weighted by atomic mass is 10.2. The number of hydrogen-bond acceptors (Lipinski definition) is 8. The smallest absolute Gasteiger partial charge is 0.289 e. The summed E-state index contributed by atoms with van der Waals surface area (Å²) in [5.41, 5.74) is 1.95. The van der Waals surface area contributed by atoms with Gasteiger partial charge in [0.1, 0.15) is 0 Å². The summed E-state index contributed by atoms with van der Waals surface area (Å²) in [6, 6.07) is 19.1. The van der Waals surface area contributed by atoms with Crippen molar-refractivity contribution >= 4 is 23.6 Å². The van der Waals surface area contributed by atoms with Crippen molar-refractivity contribution in [2.24, 2.45) is 0 Å². The number of thioether (sulfide) groups is 1. The predicted molar refractivity (Wildman–Crippen MR) is 139 cm³/mol. The molecule has 0 atom stereocenters. The van der Waals surface area contributed by atoms with Gasteiger partial charge in [0.05, 0.1) is 18.6 Å². The first-order valence-corrected chi connectivity index (χ1v) is 13.2. The van der Waals surface area contributed by atoms with Crippen molar-refractivity contribution in [3.8, 4) is 22.9 Å². The van der Waals surface area contributed by atoms with E-state index in [0.29, 0.717) is 49.4 Å². The summed E-state index contributed by atoms with van der Waals surface area (Å²) in [5, 5.41) is 9.54. The van der Waals surface area contributed by atoms with Gasteiger partial charge in [-0.15, -0.1) is 10.2 Å². The molecule has 0 N–H and O–H groups in total. The van der Waals surface area contributed by atoms with Gasteiger partial charge in [-0.1, -0.05) is 48.2 Å². The van der Waals surface area contributed by atoms with Gasteiger partial charge >= 0.3 is 0 Å². The van der Waals surface area contributed by atoms with E-state index in [1.807, 2.05) is 53.1 Å². The molecule has 10 nitrogen and oxygen atoms in total. The first-order chi connectivity index (χ1) is 18.7. The molecule has 0 radical (unpaired) electrons. The summed E-state index contributed by atoms with van der Waals surface area (Å²) in [6.07, 6.45) is 1.48. The molecule has 2 aliphatic rings. The normalized spacial score (nSPS) is 14.6. The molecule has 0 unspecified atom stereocenters. The molecule has 2 aliphatic heterocycles. The molecule has 6 rings (SSSR count). The third kappa shape index (κ3) is 4.97. The molecule has 11 heteroatoms. The largest absolute Gasteiger partial charge is 0.459 e. The van der Waals surface area contributed by atoms with Gasteiger partial charge in [-0.2, -0.15) is 0 Å². The molecule has 0 saturated carbocycles. The lowest BCUT2D eigenvalue weighted by molar-refractivity contribution is -0.129. The number of hydrogen-bond donors (Lipinski definition) is 0. The molecule has 0 spiro atoms. The molecule has 2 aromatic heterocycles. The number of aromatic nitrogens is 3. The van der Waals surface area contributed by atoms with Crippen LogP contribution in [0.5, 0.6) is 11.5 Å². The summed E-state index contributed by atoms with van der Waals surface area (Å²) in [5.74, 6) is 2.55. The second-order valence-electron chi connectivity index (χ2n) is 8.88. The first kappa shape index (κ1) is 24.1. The third-order valence-electron chi connectivity index (χ3n) is 6.50. The van der Waals surface area contributed by atoms with Crippen LogP contribution in [0.2, 0.25) is 0 Å². The summed E-state index contributed by atoms with van der Waals surface area (Å²) < 4.78 is 18.2. The molecule has 0 aliphatic carbocycles. The van der Waals surface area contributed by atoms with E-state index in [2.05, 4.69) is 10.2 Å². The number of carbonyl (C=O) groups excluding carboxylic acids is 2. The molecule has 2 aromatic carbocycles. The quantitative estimate of drug-likeness (QED) is 0.335. The third-order valence-corrected chi connectivity index (χ3v) is 7.45. The van der Waals surface area contributed by atoms with E-state index in [1.165, 1.54) is 18.0 Å². The van der Waals surface area contributed by atoms with Crippen molar-refractivity contribution in [1.29, 1.82) is 0 Å². The van der Waals surface area contributed by atoms with Crippen molar-refractivity contribution in [3.05, 3.63) is 78.3 Å². The van der Waals surface area contributed by atoms with E-state index in [4.69, 9.17) is 13.9 Å². The van der Waals surface area contributed by atoms with Crippen LogP contribution >= 0.6 is 11.8 Å². The van der Waals surface area contributed by atoms with Gasteiger partial charge in [-0.25, -0.2) is 0 Å². The van der Waals surface area contributed by atoms with Gasteiger partial charge in [0.15, 0.2) is 28.2 Å². The van der Waals surface area contributed by atoms with Crippen LogP contribution in [0.25, 0.3) is 11.4 Å². The van der Waals surface area contributed by atoms with Crippen molar-refractivity contribution < 1.29 is 23.5 Å². The molecule has 1 saturated heterocycles. The Morgan fingerprint density at radius 2 is 1.66 bits per heavy atom. The maximum atomic E-state index is 13.0. The molecule has 4 heterocycles. The van der Waals surface area contributed by atoms with Crippen molar-refractivity contribution in [3.63, 3.8) is 0 Å². The van der Waals surface area contributed by atoms with E-state index < -0.39 is 0 Å². The number of nitrogens with zero attached hydrogens (tertiary/aromatic N) is 5. The molecule has 194 valence electrons. The molecule has 2 amide bonds. The average molecular weight is 532 g/mol. The van der Waals surface area contributed by atoms with Crippen LogP contribution in [0.1, 0.15) is 16.1 Å². The summed E-state index contributed by atoms with van der Waals surface area (Å²) >= 11 is 1.36. The van der Waals surface area contributed by atoms with Gasteiger partial charge < -0.3 is 23.7 Å². The van der Waals surface area contributed by atoms with Crippen molar-refractivity contribution in [2.45, 2.75) is 11.7 Å². The van der Waals surface area contributed by atoms with Gasteiger partial charge in [0, 0.05) is 31.7 Å².